The average Bonchev–Trinajstić information content (AvgIpc) is 2.98. The lowest BCUT2D eigenvalue weighted by Crippen LogP contribution is -2.12. The van der Waals surface area contributed by atoms with Crippen LogP contribution >= 0.6 is 0 Å². The first-order valence-corrected chi connectivity index (χ1v) is 5.08. The zero-order chi connectivity index (χ0) is 11.8. The van der Waals surface area contributed by atoms with Crippen molar-refractivity contribution in [3.63, 3.8) is 0 Å². The Kier molecular flexibility index (Phi) is 2.66. The van der Waals surface area contributed by atoms with Gasteiger partial charge in [-0.1, -0.05) is 0 Å². The Balaban J connectivity index is 2.08. The van der Waals surface area contributed by atoms with E-state index in [4.69, 9.17) is 5.11 Å². The van der Waals surface area contributed by atoms with Crippen LogP contribution in [0.2, 0.25) is 0 Å². The fourth-order valence-electron chi connectivity index (χ4n) is 1.65. The first-order chi connectivity index (χ1) is 7.45. The molecule has 1 aliphatic rings. The second-order valence-electron chi connectivity index (χ2n) is 4.37. The van der Waals surface area contributed by atoms with Crippen molar-refractivity contribution in [1.82, 2.24) is 4.98 Å². The van der Waals surface area contributed by atoms with Crippen molar-refractivity contribution in [1.29, 1.82) is 0 Å². The summed E-state index contributed by atoms with van der Waals surface area (Å²) in [5.41, 5.74) is -0.239. The van der Waals surface area contributed by atoms with Crippen molar-refractivity contribution in [3.8, 4) is 0 Å². The number of aliphatic hydroxyl groups is 1. The molecule has 88 valence electrons. The third-order valence-corrected chi connectivity index (χ3v) is 3.00. The fraction of sp³-hybridized carbons (Fsp3) is 0.545. The molecule has 0 saturated heterocycles. The van der Waals surface area contributed by atoms with E-state index < -0.39 is 11.7 Å². The standard InChI is InChI=1S/C11H12F3NO/c12-11(13,14)8-1-2-9(15-6-8)5-10(7-16)3-4-10/h1-2,6,16H,3-5,7H2. The minimum atomic E-state index is -4.33. The Morgan fingerprint density at radius 1 is 1.31 bits per heavy atom. The van der Waals surface area contributed by atoms with Crippen LogP contribution in [0.25, 0.3) is 0 Å². The predicted octanol–water partition coefficient (Wildman–Crippen LogP) is 2.42. The van der Waals surface area contributed by atoms with Gasteiger partial charge in [-0.2, -0.15) is 13.2 Å². The molecule has 1 aliphatic carbocycles. The molecule has 1 heterocycles. The maximum atomic E-state index is 12.3. The number of pyridine rings is 1. The van der Waals surface area contributed by atoms with Crippen molar-refractivity contribution in [2.24, 2.45) is 5.41 Å². The second kappa shape index (κ2) is 3.73. The Labute approximate surface area is 91.1 Å². The van der Waals surface area contributed by atoms with Crippen molar-refractivity contribution < 1.29 is 18.3 Å². The molecule has 0 atom stereocenters. The number of hydrogen-bond acceptors (Lipinski definition) is 2. The Morgan fingerprint density at radius 3 is 2.38 bits per heavy atom. The van der Waals surface area contributed by atoms with Gasteiger partial charge < -0.3 is 5.11 Å². The minimum absolute atomic E-state index is 0.0791. The van der Waals surface area contributed by atoms with E-state index in [-0.39, 0.29) is 12.0 Å². The van der Waals surface area contributed by atoms with E-state index in [9.17, 15) is 13.2 Å². The molecule has 0 unspecified atom stereocenters. The zero-order valence-corrected chi connectivity index (χ0v) is 8.59. The maximum absolute atomic E-state index is 12.3. The van der Waals surface area contributed by atoms with Gasteiger partial charge in [0.05, 0.1) is 5.56 Å². The SMILES string of the molecule is OCC1(Cc2ccc(C(F)(F)F)cn2)CC1. The van der Waals surface area contributed by atoms with E-state index >= 15 is 0 Å². The lowest BCUT2D eigenvalue weighted by atomic mass is 10.0. The summed E-state index contributed by atoms with van der Waals surface area (Å²) in [4.78, 5) is 3.79. The van der Waals surface area contributed by atoms with Crippen LogP contribution in [0.5, 0.6) is 0 Å². The molecule has 1 aromatic heterocycles. The number of rotatable bonds is 3. The number of halogens is 3. The number of alkyl halides is 3. The molecule has 0 radical (unpaired) electrons. The van der Waals surface area contributed by atoms with Crippen molar-refractivity contribution in [2.75, 3.05) is 6.61 Å². The van der Waals surface area contributed by atoms with Crippen molar-refractivity contribution in [2.45, 2.75) is 25.4 Å². The van der Waals surface area contributed by atoms with Crippen LogP contribution in [0.1, 0.15) is 24.1 Å². The molecular weight excluding hydrogens is 219 g/mol. The Bertz CT molecular complexity index is 368. The molecule has 0 aromatic carbocycles. The summed E-state index contributed by atoms with van der Waals surface area (Å²) in [7, 11) is 0. The van der Waals surface area contributed by atoms with E-state index in [1.165, 1.54) is 6.07 Å². The molecule has 1 fully saturated rings. The molecule has 2 rings (SSSR count). The third-order valence-electron chi connectivity index (χ3n) is 3.00. The lowest BCUT2D eigenvalue weighted by molar-refractivity contribution is -0.137. The lowest BCUT2D eigenvalue weighted by Gasteiger charge is -2.11. The van der Waals surface area contributed by atoms with Gasteiger partial charge in [-0.25, -0.2) is 0 Å². The highest BCUT2D eigenvalue weighted by atomic mass is 19.4. The topological polar surface area (TPSA) is 33.1 Å². The van der Waals surface area contributed by atoms with E-state index in [1.807, 2.05) is 0 Å². The molecule has 1 saturated carbocycles. The van der Waals surface area contributed by atoms with Crippen molar-refractivity contribution in [3.05, 3.63) is 29.6 Å². The smallest absolute Gasteiger partial charge is 0.396 e. The quantitative estimate of drug-likeness (QED) is 0.866. The maximum Gasteiger partial charge on any atom is 0.417 e. The monoisotopic (exact) mass is 231 g/mol. The van der Waals surface area contributed by atoms with E-state index in [0.29, 0.717) is 12.1 Å². The molecule has 0 amide bonds. The average molecular weight is 231 g/mol. The molecule has 5 heteroatoms. The van der Waals surface area contributed by atoms with Gasteiger partial charge in [-0.15, -0.1) is 0 Å². The molecule has 1 aromatic rings. The Hall–Kier alpha value is -1.10. The molecule has 0 bridgehead atoms. The summed E-state index contributed by atoms with van der Waals surface area (Å²) in [6, 6.07) is 2.42. The molecule has 16 heavy (non-hydrogen) atoms. The van der Waals surface area contributed by atoms with Gasteiger partial charge in [0.2, 0.25) is 0 Å². The van der Waals surface area contributed by atoms with Crippen LogP contribution in [-0.4, -0.2) is 16.7 Å². The van der Waals surface area contributed by atoms with Crippen LogP contribution in [0, 0.1) is 5.41 Å². The second-order valence-corrected chi connectivity index (χ2v) is 4.37. The normalized spacial score (nSPS) is 18.5. The van der Waals surface area contributed by atoms with Crippen LogP contribution in [0.15, 0.2) is 18.3 Å². The van der Waals surface area contributed by atoms with Crippen LogP contribution < -0.4 is 0 Å². The molecule has 2 nitrogen and oxygen atoms in total. The van der Waals surface area contributed by atoms with Gasteiger partial charge in [0.15, 0.2) is 0 Å². The number of nitrogens with zero attached hydrogens (tertiary/aromatic N) is 1. The highest BCUT2D eigenvalue weighted by molar-refractivity contribution is 5.18. The van der Waals surface area contributed by atoms with Crippen LogP contribution in [0.3, 0.4) is 0 Å². The first kappa shape index (κ1) is 11.4. The molecular formula is C11H12F3NO. The van der Waals surface area contributed by atoms with Gasteiger partial charge in [0.1, 0.15) is 0 Å². The summed E-state index contributed by atoms with van der Waals surface area (Å²) in [5, 5.41) is 9.09. The minimum Gasteiger partial charge on any atom is -0.396 e. The van der Waals surface area contributed by atoms with Gasteiger partial charge in [0.25, 0.3) is 0 Å². The van der Waals surface area contributed by atoms with Gasteiger partial charge >= 0.3 is 6.18 Å². The summed E-state index contributed by atoms with van der Waals surface area (Å²) in [6.07, 6.45) is -1.08. The van der Waals surface area contributed by atoms with Gasteiger partial charge in [-0.3, -0.25) is 4.98 Å². The largest absolute Gasteiger partial charge is 0.417 e. The van der Waals surface area contributed by atoms with Crippen LogP contribution in [-0.2, 0) is 12.6 Å². The summed E-state index contributed by atoms with van der Waals surface area (Å²) in [6.45, 7) is 0.0791. The fourth-order valence-corrected chi connectivity index (χ4v) is 1.65. The zero-order valence-electron chi connectivity index (χ0n) is 8.59. The number of hydrogen-bond donors (Lipinski definition) is 1. The molecule has 1 N–H and O–H groups in total. The molecule has 0 spiro atoms. The Morgan fingerprint density at radius 2 is 2.00 bits per heavy atom. The number of aliphatic hydroxyl groups excluding tert-OH is 1. The van der Waals surface area contributed by atoms with E-state index in [2.05, 4.69) is 4.98 Å². The summed E-state index contributed by atoms with van der Waals surface area (Å²) in [5.74, 6) is 0. The highest BCUT2D eigenvalue weighted by Gasteiger charge is 2.42. The van der Waals surface area contributed by atoms with Gasteiger partial charge in [0, 0.05) is 18.5 Å². The highest BCUT2D eigenvalue weighted by Crippen LogP contribution is 2.47. The molecule has 0 aliphatic heterocycles. The van der Waals surface area contributed by atoms with Crippen molar-refractivity contribution >= 4 is 0 Å². The van der Waals surface area contributed by atoms with Crippen LogP contribution in [0.4, 0.5) is 13.2 Å². The number of aromatic nitrogens is 1. The predicted molar refractivity (Wildman–Crippen MR) is 51.7 cm³/mol. The van der Waals surface area contributed by atoms with E-state index in [0.717, 1.165) is 25.1 Å². The third kappa shape index (κ3) is 2.35. The summed E-state index contributed by atoms with van der Waals surface area (Å²) >= 11 is 0. The van der Waals surface area contributed by atoms with Gasteiger partial charge in [-0.05, 0) is 36.8 Å². The van der Waals surface area contributed by atoms with E-state index in [1.54, 1.807) is 0 Å². The first-order valence-electron chi connectivity index (χ1n) is 5.08. The summed E-state index contributed by atoms with van der Waals surface area (Å²) < 4.78 is 36.8.